The van der Waals surface area contributed by atoms with Gasteiger partial charge in [-0.2, -0.15) is 19.0 Å². The minimum atomic E-state index is -2.98. The molecule has 10 heteroatoms. The Balaban J connectivity index is 1.78. The van der Waals surface area contributed by atoms with E-state index in [0.29, 0.717) is 11.4 Å². The van der Waals surface area contributed by atoms with Gasteiger partial charge in [0, 0.05) is 24.0 Å². The summed E-state index contributed by atoms with van der Waals surface area (Å²) in [6.45, 7) is 0.794. The molecule has 0 saturated carbocycles. The van der Waals surface area contributed by atoms with Crippen LogP contribution in [0.25, 0.3) is 11.3 Å². The van der Waals surface area contributed by atoms with E-state index in [1.807, 2.05) is 20.9 Å². The van der Waals surface area contributed by atoms with Crippen molar-refractivity contribution in [2.75, 3.05) is 5.32 Å². The van der Waals surface area contributed by atoms with Gasteiger partial charge in [0.05, 0.1) is 16.4 Å². The van der Waals surface area contributed by atoms with Crippen LogP contribution in [0.2, 0.25) is 5.02 Å². The van der Waals surface area contributed by atoms with Crippen molar-refractivity contribution in [2.45, 2.75) is 20.5 Å². The number of alkyl halides is 2. The molecular formula is C17H16ClF2N5O2. The number of benzene rings is 1. The molecule has 27 heavy (non-hydrogen) atoms. The van der Waals surface area contributed by atoms with Crippen molar-refractivity contribution in [1.82, 2.24) is 20.0 Å². The Morgan fingerprint density at radius 3 is 2.67 bits per heavy atom. The lowest BCUT2D eigenvalue weighted by Gasteiger charge is -2.09. The zero-order valence-electron chi connectivity index (χ0n) is 14.7. The summed E-state index contributed by atoms with van der Waals surface area (Å²) in [5.74, 6) is -0.623. The van der Waals surface area contributed by atoms with Crippen LogP contribution < -0.4 is 10.1 Å². The highest BCUT2D eigenvalue weighted by Gasteiger charge is 2.18. The van der Waals surface area contributed by atoms with Crippen LogP contribution in [0.15, 0.2) is 24.3 Å². The summed E-state index contributed by atoms with van der Waals surface area (Å²) < 4.78 is 30.5. The molecule has 7 nitrogen and oxygen atoms in total. The minimum Gasteiger partial charge on any atom is -0.433 e. The molecule has 3 aromatic rings. The molecule has 0 bridgehead atoms. The summed E-state index contributed by atoms with van der Waals surface area (Å²) >= 11 is 5.89. The second kappa shape index (κ2) is 7.36. The van der Waals surface area contributed by atoms with Gasteiger partial charge < -0.3 is 10.1 Å². The van der Waals surface area contributed by atoms with E-state index in [2.05, 4.69) is 25.3 Å². The average molecular weight is 396 g/mol. The first-order chi connectivity index (χ1) is 12.8. The third kappa shape index (κ3) is 3.92. The Kier molecular flexibility index (Phi) is 5.13. The number of carbonyl (C=O) groups excluding carboxylic acids is 1. The molecule has 2 aromatic heterocycles. The fraction of sp³-hybridized carbons (Fsp3) is 0.235. The third-order valence-corrected chi connectivity index (χ3v) is 4.29. The number of halogens is 3. The summed E-state index contributed by atoms with van der Waals surface area (Å²) in [6.07, 6.45) is 0. The molecule has 0 aliphatic rings. The number of aryl methyl sites for hydroxylation is 2. The number of carbonyl (C=O) groups is 1. The van der Waals surface area contributed by atoms with E-state index in [1.54, 1.807) is 10.7 Å². The number of amides is 1. The first kappa shape index (κ1) is 18.8. The van der Waals surface area contributed by atoms with Crippen molar-refractivity contribution in [3.63, 3.8) is 0 Å². The third-order valence-electron chi connectivity index (χ3n) is 3.99. The SMILES string of the molecule is Cc1nn(C)c(C)c1-c1cc(C(=O)Nc2ccc(OC(F)F)c(Cl)c2)[nH]n1. The van der Waals surface area contributed by atoms with Crippen molar-refractivity contribution >= 4 is 23.2 Å². The van der Waals surface area contributed by atoms with Gasteiger partial charge in [0.2, 0.25) is 0 Å². The molecule has 2 heterocycles. The average Bonchev–Trinajstić information content (AvgIpc) is 3.15. The molecule has 0 radical (unpaired) electrons. The second-order valence-electron chi connectivity index (χ2n) is 5.81. The molecule has 1 amide bonds. The molecule has 3 rings (SSSR count). The van der Waals surface area contributed by atoms with E-state index in [0.717, 1.165) is 17.0 Å². The van der Waals surface area contributed by atoms with Gasteiger partial charge in [-0.1, -0.05) is 11.6 Å². The van der Waals surface area contributed by atoms with E-state index in [9.17, 15) is 13.6 Å². The van der Waals surface area contributed by atoms with Crippen molar-refractivity contribution in [3.05, 3.63) is 46.4 Å². The summed E-state index contributed by atoms with van der Waals surface area (Å²) in [5.41, 5.74) is 3.74. The van der Waals surface area contributed by atoms with Crippen LogP contribution in [-0.2, 0) is 7.05 Å². The Labute approximate surface area is 158 Å². The normalized spacial score (nSPS) is 11.1. The van der Waals surface area contributed by atoms with Gasteiger partial charge in [0.1, 0.15) is 11.4 Å². The van der Waals surface area contributed by atoms with Gasteiger partial charge in [-0.15, -0.1) is 0 Å². The number of aromatic nitrogens is 4. The lowest BCUT2D eigenvalue weighted by molar-refractivity contribution is -0.0497. The minimum absolute atomic E-state index is 0.0417. The number of hydrogen-bond donors (Lipinski definition) is 2. The maximum Gasteiger partial charge on any atom is 0.387 e. The summed E-state index contributed by atoms with van der Waals surface area (Å²) in [6, 6.07) is 5.60. The fourth-order valence-corrected chi connectivity index (χ4v) is 2.90. The van der Waals surface area contributed by atoms with Crippen LogP contribution in [0.3, 0.4) is 0 Å². The molecule has 0 aliphatic carbocycles. The first-order valence-corrected chi connectivity index (χ1v) is 8.25. The van der Waals surface area contributed by atoms with Crippen molar-refractivity contribution in [1.29, 1.82) is 0 Å². The van der Waals surface area contributed by atoms with Gasteiger partial charge >= 0.3 is 6.61 Å². The van der Waals surface area contributed by atoms with Gasteiger partial charge in [-0.05, 0) is 38.1 Å². The molecule has 0 spiro atoms. The van der Waals surface area contributed by atoms with Crippen LogP contribution in [0.4, 0.5) is 14.5 Å². The number of anilines is 1. The lowest BCUT2D eigenvalue weighted by atomic mass is 10.1. The van der Waals surface area contributed by atoms with Crippen LogP contribution in [-0.4, -0.2) is 32.5 Å². The molecule has 0 atom stereocenters. The molecule has 0 fully saturated rings. The highest BCUT2D eigenvalue weighted by Crippen LogP contribution is 2.29. The van der Waals surface area contributed by atoms with Crippen LogP contribution in [0.1, 0.15) is 21.9 Å². The second-order valence-corrected chi connectivity index (χ2v) is 6.22. The summed E-state index contributed by atoms with van der Waals surface area (Å²) in [7, 11) is 1.83. The number of nitrogens with one attached hydrogen (secondary N) is 2. The standard InChI is InChI=1S/C17H16ClF2N5O2/c1-8-15(9(2)25(3)24-8)12-7-13(23-22-12)16(26)21-10-4-5-14(11(18)6-10)27-17(19)20/h4-7,17H,1-3H3,(H,21,26)(H,22,23). The topological polar surface area (TPSA) is 84.8 Å². The Morgan fingerprint density at radius 1 is 1.33 bits per heavy atom. The molecular weight excluding hydrogens is 380 g/mol. The lowest BCUT2D eigenvalue weighted by Crippen LogP contribution is -2.12. The molecule has 2 N–H and O–H groups in total. The van der Waals surface area contributed by atoms with Gasteiger partial charge in [0.25, 0.3) is 5.91 Å². The number of ether oxygens (including phenoxy) is 1. The Hall–Kier alpha value is -2.94. The smallest absolute Gasteiger partial charge is 0.387 e. The van der Waals surface area contributed by atoms with E-state index >= 15 is 0 Å². The van der Waals surface area contributed by atoms with E-state index < -0.39 is 12.5 Å². The Morgan fingerprint density at radius 2 is 2.07 bits per heavy atom. The van der Waals surface area contributed by atoms with E-state index in [1.165, 1.54) is 18.2 Å². The van der Waals surface area contributed by atoms with Crippen LogP contribution >= 0.6 is 11.6 Å². The molecule has 0 saturated heterocycles. The number of aromatic amines is 1. The van der Waals surface area contributed by atoms with Crippen molar-refractivity contribution < 1.29 is 18.3 Å². The zero-order chi connectivity index (χ0) is 19.7. The molecule has 0 aliphatic heterocycles. The van der Waals surface area contributed by atoms with Gasteiger partial charge in [0.15, 0.2) is 0 Å². The predicted octanol–water partition coefficient (Wildman–Crippen LogP) is 3.93. The zero-order valence-corrected chi connectivity index (χ0v) is 15.4. The first-order valence-electron chi connectivity index (χ1n) is 7.88. The van der Waals surface area contributed by atoms with E-state index in [4.69, 9.17) is 11.6 Å². The Bertz CT molecular complexity index is 999. The quantitative estimate of drug-likeness (QED) is 0.685. The molecule has 0 unspecified atom stereocenters. The monoisotopic (exact) mass is 395 g/mol. The largest absolute Gasteiger partial charge is 0.433 e. The van der Waals surface area contributed by atoms with Crippen LogP contribution in [0.5, 0.6) is 5.75 Å². The van der Waals surface area contributed by atoms with Gasteiger partial charge in [-0.25, -0.2) is 0 Å². The molecule has 142 valence electrons. The number of nitrogens with zero attached hydrogens (tertiary/aromatic N) is 3. The summed E-state index contributed by atoms with van der Waals surface area (Å²) in [4.78, 5) is 12.4. The van der Waals surface area contributed by atoms with Crippen LogP contribution in [0, 0.1) is 13.8 Å². The molecule has 1 aromatic carbocycles. The number of H-pyrrole nitrogens is 1. The summed E-state index contributed by atoms with van der Waals surface area (Å²) in [5, 5.41) is 13.8. The van der Waals surface area contributed by atoms with Crippen molar-refractivity contribution in [3.8, 4) is 17.0 Å². The van der Waals surface area contributed by atoms with Crippen molar-refractivity contribution in [2.24, 2.45) is 7.05 Å². The number of hydrogen-bond acceptors (Lipinski definition) is 4. The predicted molar refractivity (Wildman–Crippen MR) is 96.3 cm³/mol. The van der Waals surface area contributed by atoms with E-state index in [-0.39, 0.29) is 16.5 Å². The fourth-order valence-electron chi connectivity index (χ4n) is 2.68. The maximum absolute atomic E-state index is 12.4. The maximum atomic E-state index is 12.4. The highest BCUT2D eigenvalue weighted by molar-refractivity contribution is 6.32. The number of rotatable bonds is 5. The highest BCUT2D eigenvalue weighted by atomic mass is 35.5. The van der Waals surface area contributed by atoms with Gasteiger partial charge in [-0.3, -0.25) is 14.6 Å².